The molecule has 0 radical (unpaired) electrons. The Morgan fingerprint density at radius 3 is 2.17 bits per heavy atom. The second kappa shape index (κ2) is 17.0. The van der Waals surface area contributed by atoms with Gasteiger partial charge in [0.1, 0.15) is 12.1 Å². The first kappa shape index (κ1) is 42.2. The van der Waals surface area contributed by atoms with E-state index in [1.165, 1.54) is 6.08 Å². The number of rotatable bonds is 15. The van der Waals surface area contributed by atoms with Gasteiger partial charge in [-0.3, -0.25) is 19.2 Å². The maximum Gasteiger partial charge on any atom is 0.318 e. The average molecular weight is 774 g/mol. The van der Waals surface area contributed by atoms with E-state index in [2.05, 4.69) is 22.5 Å². The lowest BCUT2D eigenvalue weighted by Gasteiger charge is -2.46. The van der Waals surface area contributed by atoms with Gasteiger partial charge in [0.25, 0.3) is 5.91 Å². The highest BCUT2D eigenvalue weighted by Crippen LogP contribution is 2.66. The summed E-state index contributed by atoms with van der Waals surface area (Å²) in [7, 11) is -1.90. The Labute approximate surface area is 323 Å². The van der Waals surface area contributed by atoms with E-state index in [4.69, 9.17) is 0 Å². The van der Waals surface area contributed by atoms with Crippen molar-refractivity contribution < 1.29 is 32.4 Å². The number of hydrogen-bond donors (Lipinski definition) is 3. The number of Topliss-reactive ketones (excluding diaryl/α,β-unsaturated/α-hetero) is 1. The van der Waals surface area contributed by atoms with Crippen LogP contribution >= 0.6 is 0 Å². The molecular formula is C41H67N5O7S. The lowest BCUT2D eigenvalue weighted by atomic mass is 9.81. The molecule has 3 N–H and O–H groups in total. The second-order valence-electron chi connectivity index (χ2n) is 18.2. The quantitative estimate of drug-likeness (QED) is 0.155. The molecule has 5 aliphatic rings. The van der Waals surface area contributed by atoms with Crippen LogP contribution in [0.4, 0.5) is 4.79 Å². The van der Waals surface area contributed by atoms with Gasteiger partial charge in [0.2, 0.25) is 17.6 Å². The molecule has 5 rings (SSSR count). The molecule has 54 heavy (non-hydrogen) atoms. The van der Waals surface area contributed by atoms with Crippen LogP contribution in [0.5, 0.6) is 0 Å². The number of unbranched alkanes of at least 4 members (excludes halogenated alkanes) is 1. The molecule has 0 aromatic carbocycles. The Kier molecular flexibility index (Phi) is 13.3. The fraction of sp³-hybridized carbons (Fsp3) is 0.829. The van der Waals surface area contributed by atoms with E-state index >= 15 is 4.79 Å². The van der Waals surface area contributed by atoms with Crippen LogP contribution in [0.15, 0.2) is 12.7 Å². The molecule has 13 heteroatoms. The number of fused-ring (bicyclic) bond motifs is 2. The van der Waals surface area contributed by atoms with Crippen molar-refractivity contribution in [3.8, 4) is 0 Å². The lowest BCUT2D eigenvalue weighted by molar-refractivity contribution is -0.144. The molecule has 0 aromatic rings. The summed E-state index contributed by atoms with van der Waals surface area (Å²) >= 11 is 0. The normalized spacial score (nSPS) is 25.9. The topological polar surface area (TPSA) is 162 Å². The van der Waals surface area contributed by atoms with Crippen LogP contribution in [0, 0.1) is 23.2 Å². The minimum absolute atomic E-state index is 0.0773. The minimum atomic E-state index is -3.57. The van der Waals surface area contributed by atoms with Gasteiger partial charge >= 0.3 is 6.03 Å². The molecule has 5 amide bonds. The predicted molar refractivity (Wildman–Crippen MR) is 209 cm³/mol. The average Bonchev–Trinajstić information content (AvgIpc) is 3.71. The van der Waals surface area contributed by atoms with Crippen LogP contribution in [0.2, 0.25) is 0 Å². The summed E-state index contributed by atoms with van der Waals surface area (Å²) < 4.78 is 26.2. The van der Waals surface area contributed by atoms with Crippen molar-refractivity contribution in [1.82, 2.24) is 25.8 Å². The van der Waals surface area contributed by atoms with Gasteiger partial charge in [0.15, 0.2) is 9.84 Å². The van der Waals surface area contributed by atoms with Gasteiger partial charge in [-0.1, -0.05) is 64.4 Å². The van der Waals surface area contributed by atoms with E-state index in [1.807, 2.05) is 6.92 Å². The van der Waals surface area contributed by atoms with E-state index in [1.54, 1.807) is 37.6 Å². The first-order chi connectivity index (χ1) is 25.5. The summed E-state index contributed by atoms with van der Waals surface area (Å²) in [5, 5.41) is 8.62. The summed E-state index contributed by atoms with van der Waals surface area (Å²) in [4.78, 5) is 73.3. The Morgan fingerprint density at radius 1 is 0.926 bits per heavy atom. The zero-order valence-electron chi connectivity index (χ0n) is 33.6. The number of urea groups is 1. The fourth-order valence-corrected chi connectivity index (χ4v) is 11.7. The second-order valence-corrected chi connectivity index (χ2v) is 21.0. The molecule has 1 unspecified atom stereocenters. The third kappa shape index (κ3) is 8.86. The van der Waals surface area contributed by atoms with Gasteiger partial charge in [-0.05, 0) is 102 Å². The molecule has 1 heterocycles. The van der Waals surface area contributed by atoms with Gasteiger partial charge in [0.05, 0.1) is 22.1 Å². The number of sulfone groups is 1. The molecule has 0 aromatic heterocycles. The van der Waals surface area contributed by atoms with Gasteiger partial charge < -0.3 is 25.8 Å². The van der Waals surface area contributed by atoms with Gasteiger partial charge in [-0.25, -0.2) is 13.2 Å². The van der Waals surface area contributed by atoms with Crippen molar-refractivity contribution in [3.63, 3.8) is 0 Å². The van der Waals surface area contributed by atoms with E-state index in [0.29, 0.717) is 32.2 Å². The SMILES string of the molecule is C=CCNC(=O)C(=O)C(CCCC)NC(=O)[C@@H]1[C@H]2CCC3(CC3)[C@H]2CN1C(=O)[C@@H](NC(=O)N(C)C1(CS(=O)(=O)C(C)(C)C)CCCCC1)C1CCCCC1. The van der Waals surface area contributed by atoms with E-state index in [9.17, 15) is 27.6 Å². The van der Waals surface area contributed by atoms with Crippen molar-refractivity contribution in [3.05, 3.63) is 12.7 Å². The number of nitrogens with one attached hydrogen (secondary N) is 3. The third-order valence-electron chi connectivity index (χ3n) is 13.8. The third-order valence-corrected chi connectivity index (χ3v) is 16.6. The molecule has 304 valence electrons. The standard InChI is InChI=1S/C41H67N5O7S/c1-7-9-18-31(34(47)36(49)42-25-8-2)43-35(48)33-29-19-22-40(23-24-40)30(29)26-46(33)37(50)32(28-16-12-10-13-17-28)44-38(51)45(6)41(20-14-11-15-21-41)27-54(52,53)39(3,4)5/h8,28-33H,2,7,9-27H2,1,3-6H3,(H,42,49)(H,43,48)(H,44,51)/t29-,30-,31?,32-,33-/m0/s1. The minimum Gasteiger partial charge on any atom is -0.346 e. The molecule has 4 aliphatic carbocycles. The number of likely N-dealkylation sites (tertiary alicyclic amines) is 1. The van der Waals surface area contributed by atoms with E-state index in [-0.39, 0.29) is 41.4 Å². The van der Waals surface area contributed by atoms with Crippen LogP contribution in [0.25, 0.3) is 0 Å². The van der Waals surface area contributed by atoms with Crippen molar-refractivity contribution in [2.24, 2.45) is 23.2 Å². The number of hydrogen-bond acceptors (Lipinski definition) is 7. The zero-order valence-corrected chi connectivity index (χ0v) is 34.4. The highest BCUT2D eigenvalue weighted by molar-refractivity contribution is 7.92. The van der Waals surface area contributed by atoms with Crippen molar-refractivity contribution in [2.45, 2.75) is 165 Å². The highest BCUT2D eigenvalue weighted by Gasteiger charge is 2.64. The van der Waals surface area contributed by atoms with Crippen LogP contribution in [0.3, 0.4) is 0 Å². The Balaban J connectivity index is 1.43. The van der Waals surface area contributed by atoms with Crippen LogP contribution in [-0.2, 0) is 29.0 Å². The fourth-order valence-electron chi connectivity index (χ4n) is 10.1. The summed E-state index contributed by atoms with van der Waals surface area (Å²) in [6.45, 7) is 11.2. The first-order valence-electron chi connectivity index (χ1n) is 20.8. The van der Waals surface area contributed by atoms with Crippen molar-refractivity contribution in [1.29, 1.82) is 0 Å². The molecule has 5 fully saturated rings. The maximum absolute atomic E-state index is 15.1. The Hall–Kier alpha value is -2.96. The van der Waals surface area contributed by atoms with Crippen LogP contribution in [0.1, 0.15) is 137 Å². The van der Waals surface area contributed by atoms with E-state index in [0.717, 1.165) is 83.5 Å². The predicted octanol–water partition coefficient (Wildman–Crippen LogP) is 5.06. The number of carbonyl (C=O) groups is 5. The number of ketones is 1. The molecule has 5 atom stereocenters. The zero-order chi connectivity index (χ0) is 39.5. The van der Waals surface area contributed by atoms with Crippen LogP contribution in [-0.4, -0.2) is 102 Å². The van der Waals surface area contributed by atoms with Crippen LogP contribution < -0.4 is 16.0 Å². The molecular weight excluding hydrogens is 707 g/mol. The molecule has 1 spiro atoms. The lowest BCUT2D eigenvalue weighted by Crippen LogP contribution is -2.63. The van der Waals surface area contributed by atoms with Gasteiger partial charge in [0, 0.05) is 20.1 Å². The molecule has 12 nitrogen and oxygen atoms in total. The highest BCUT2D eigenvalue weighted by atomic mass is 32.2. The number of nitrogens with zero attached hydrogens (tertiary/aromatic N) is 2. The first-order valence-corrected chi connectivity index (χ1v) is 22.5. The van der Waals surface area contributed by atoms with E-state index < -0.39 is 61.9 Å². The van der Waals surface area contributed by atoms with Crippen molar-refractivity contribution >= 4 is 39.4 Å². The summed E-state index contributed by atoms with van der Waals surface area (Å²) in [5.41, 5.74) is -0.770. The Bertz CT molecular complexity index is 1520. The van der Waals surface area contributed by atoms with Gasteiger partial charge in [-0.15, -0.1) is 6.58 Å². The number of carbonyl (C=O) groups excluding carboxylic acids is 5. The maximum atomic E-state index is 15.1. The molecule has 1 saturated heterocycles. The summed E-state index contributed by atoms with van der Waals surface area (Å²) in [5.74, 6) is -2.39. The van der Waals surface area contributed by atoms with Gasteiger partial charge in [-0.2, -0.15) is 0 Å². The summed E-state index contributed by atoms with van der Waals surface area (Å²) in [6.07, 6.45) is 15.3. The smallest absolute Gasteiger partial charge is 0.318 e. The number of amides is 5. The summed E-state index contributed by atoms with van der Waals surface area (Å²) in [6, 6.07) is -3.18. The Morgan fingerprint density at radius 2 is 1.57 bits per heavy atom. The molecule has 1 aliphatic heterocycles. The molecule has 0 bridgehead atoms. The van der Waals surface area contributed by atoms with Crippen molar-refractivity contribution in [2.75, 3.05) is 25.9 Å². The monoisotopic (exact) mass is 773 g/mol. The molecule has 4 saturated carbocycles. The largest absolute Gasteiger partial charge is 0.346 e.